The Morgan fingerprint density at radius 2 is 0.778 bits per heavy atom. The van der Waals surface area contributed by atoms with Crippen molar-refractivity contribution >= 4 is 28.0 Å². The van der Waals surface area contributed by atoms with Gasteiger partial charge in [-0.05, 0) is 77.9 Å². The Morgan fingerprint density at radius 3 is 1.09 bits per heavy atom. The van der Waals surface area contributed by atoms with Crippen molar-refractivity contribution in [2.45, 2.75) is 59.9 Å². The van der Waals surface area contributed by atoms with E-state index in [9.17, 15) is 14.4 Å². The maximum absolute atomic E-state index is 13.0. The van der Waals surface area contributed by atoms with Crippen LogP contribution in [0, 0.1) is 0 Å². The topological polar surface area (TPSA) is 153 Å². The maximum Gasteiger partial charge on any atom is 0.299 e. The van der Waals surface area contributed by atoms with Crippen LogP contribution in [0.5, 0.6) is 17.2 Å². The molecule has 3 aromatic rings. The van der Waals surface area contributed by atoms with Crippen LogP contribution in [0.25, 0.3) is 0 Å². The lowest BCUT2D eigenvalue weighted by Crippen LogP contribution is -2.09. The molecular formula is C32H33N6O6Si. The highest BCUT2D eigenvalue weighted by molar-refractivity contribution is 6.21. The zero-order valence-electron chi connectivity index (χ0n) is 25.8. The molecule has 0 aliphatic heterocycles. The fourth-order valence-electron chi connectivity index (χ4n) is 3.60. The number of para-hydroxylation sites is 3. The Morgan fingerprint density at radius 1 is 0.489 bits per heavy atom. The summed E-state index contributed by atoms with van der Waals surface area (Å²) in [5, 5.41) is 22.6. The van der Waals surface area contributed by atoms with Gasteiger partial charge in [0.1, 0.15) is 27.5 Å². The van der Waals surface area contributed by atoms with E-state index >= 15 is 0 Å². The SMILES string of the molecule is CC(C)Oc1ccccc1C(=O)N=NC([Si])=C(N=NC(=O)c1ccccc1OC(C)C)N=NC(=O)c1ccccc1OC(C)C. The van der Waals surface area contributed by atoms with Crippen LogP contribution in [0.3, 0.4) is 0 Å². The summed E-state index contributed by atoms with van der Waals surface area (Å²) in [6, 6.07) is 19.6. The Kier molecular flexibility index (Phi) is 12.7. The molecule has 231 valence electrons. The second kappa shape index (κ2) is 16.6. The molecule has 0 saturated carbocycles. The van der Waals surface area contributed by atoms with E-state index in [-0.39, 0.29) is 40.3 Å². The molecule has 0 saturated heterocycles. The highest BCUT2D eigenvalue weighted by atomic mass is 28.1. The molecule has 0 spiro atoms. The summed E-state index contributed by atoms with van der Waals surface area (Å²) in [7, 11) is 3.23. The van der Waals surface area contributed by atoms with E-state index in [0.717, 1.165) is 0 Å². The molecule has 0 unspecified atom stereocenters. The van der Waals surface area contributed by atoms with Gasteiger partial charge in [-0.1, -0.05) is 36.4 Å². The van der Waals surface area contributed by atoms with Gasteiger partial charge >= 0.3 is 0 Å². The summed E-state index contributed by atoms with van der Waals surface area (Å²) >= 11 is 0. The molecule has 3 rings (SSSR count). The van der Waals surface area contributed by atoms with Crippen molar-refractivity contribution in [1.82, 2.24) is 0 Å². The van der Waals surface area contributed by atoms with Crippen molar-refractivity contribution in [2.24, 2.45) is 30.7 Å². The molecule has 45 heavy (non-hydrogen) atoms. The zero-order valence-corrected chi connectivity index (χ0v) is 26.8. The van der Waals surface area contributed by atoms with Crippen molar-refractivity contribution in [3.8, 4) is 17.2 Å². The predicted molar refractivity (Wildman–Crippen MR) is 167 cm³/mol. The number of carbonyl (C=O) groups is 3. The molecule has 0 aliphatic carbocycles. The van der Waals surface area contributed by atoms with Crippen LogP contribution in [-0.4, -0.2) is 46.3 Å². The van der Waals surface area contributed by atoms with E-state index < -0.39 is 23.5 Å². The van der Waals surface area contributed by atoms with Gasteiger partial charge < -0.3 is 14.2 Å². The average molecular weight is 626 g/mol. The Bertz CT molecular complexity index is 1570. The molecule has 0 aromatic heterocycles. The molecule has 0 fully saturated rings. The van der Waals surface area contributed by atoms with Crippen molar-refractivity contribution in [3.63, 3.8) is 0 Å². The average Bonchev–Trinajstić information content (AvgIpc) is 2.99. The third kappa shape index (κ3) is 10.5. The molecule has 0 N–H and O–H groups in total. The minimum atomic E-state index is -0.756. The van der Waals surface area contributed by atoms with Crippen molar-refractivity contribution < 1.29 is 28.6 Å². The first-order chi connectivity index (χ1) is 21.5. The molecule has 0 bridgehead atoms. The fraction of sp³-hybridized carbons (Fsp3) is 0.281. The first-order valence-electron chi connectivity index (χ1n) is 14.1. The third-order valence-electron chi connectivity index (χ3n) is 5.36. The third-order valence-corrected chi connectivity index (χ3v) is 5.69. The van der Waals surface area contributed by atoms with Gasteiger partial charge in [0, 0.05) is 0 Å². The Labute approximate surface area is 264 Å². The quantitative estimate of drug-likeness (QED) is 0.150. The highest BCUT2D eigenvalue weighted by Crippen LogP contribution is 2.24. The minimum Gasteiger partial charge on any atom is -0.490 e. The molecular weight excluding hydrogens is 592 g/mol. The molecule has 12 nitrogen and oxygen atoms in total. The smallest absolute Gasteiger partial charge is 0.299 e. The Hall–Kier alpha value is -5.17. The van der Waals surface area contributed by atoms with E-state index in [4.69, 9.17) is 14.2 Å². The van der Waals surface area contributed by atoms with Gasteiger partial charge in [0.25, 0.3) is 17.7 Å². The predicted octanol–water partition coefficient (Wildman–Crippen LogP) is 7.52. The van der Waals surface area contributed by atoms with Crippen LogP contribution in [0.1, 0.15) is 72.6 Å². The van der Waals surface area contributed by atoms with E-state index in [2.05, 4.69) is 40.9 Å². The Balaban J connectivity index is 1.99. The lowest BCUT2D eigenvalue weighted by molar-refractivity contribution is 0.0978. The standard InChI is InChI=1S/C32H33N6O6Si/c1-19(2)42-25-16-10-7-13-22(25)29(39)35-33-28(34-36-30(40)23-14-8-11-17-26(23)43-20(3)4)32(45)38-37-31(41)24-15-9-12-18-27(24)44-21(5)6/h7-21H,1-6H3. The summed E-state index contributed by atoms with van der Waals surface area (Å²) in [6.07, 6.45) is -0.579. The van der Waals surface area contributed by atoms with Gasteiger partial charge in [-0.2, -0.15) is 5.11 Å². The lowest BCUT2D eigenvalue weighted by Gasteiger charge is -2.12. The second-order valence-corrected chi connectivity index (χ2v) is 10.6. The van der Waals surface area contributed by atoms with Gasteiger partial charge in [0.15, 0.2) is 0 Å². The molecule has 0 aliphatic rings. The number of amides is 3. The number of ether oxygens (including phenoxy) is 3. The van der Waals surface area contributed by atoms with Gasteiger partial charge in [-0.15, -0.1) is 25.6 Å². The van der Waals surface area contributed by atoms with Crippen LogP contribution >= 0.6 is 0 Å². The van der Waals surface area contributed by atoms with Crippen molar-refractivity contribution in [2.75, 3.05) is 0 Å². The lowest BCUT2D eigenvalue weighted by atomic mass is 10.2. The van der Waals surface area contributed by atoms with Crippen LogP contribution in [-0.2, 0) is 0 Å². The first kappa shape index (κ1) is 34.3. The van der Waals surface area contributed by atoms with Crippen LogP contribution < -0.4 is 14.2 Å². The highest BCUT2D eigenvalue weighted by Gasteiger charge is 2.16. The normalized spacial score (nSPS) is 11.6. The minimum absolute atomic E-state index is 0.149. The van der Waals surface area contributed by atoms with Gasteiger partial charge in [0.2, 0.25) is 5.82 Å². The monoisotopic (exact) mass is 625 g/mol. The van der Waals surface area contributed by atoms with Crippen LogP contribution in [0.4, 0.5) is 0 Å². The summed E-state index contributed by atoms with van der Waals surface area (Å²) < 4.78 is 17.1. The number of hydrogen-bond donors (Lipinski definition) is 0. The van der Waals surface area contributed by atoms with Crippen molar-refractivity contribution in [1.29, 1.82) is 0 Å². The number of carbonyl (C=O) groups excluding carboxylic acids is 3. The fourth-order valence-corrected chi connectivity index (χ4v) is 3.75. The molecule has 0 atom stereocenters. The second-order valence-electron chi connectivity index (χ2n) is 10.2. The summed E-state index contributed by atoms with van der Waals surface area (Å²) in [4.78, 5) is 38.9. The van der Waals surface area contributed by atoms with E-state index in [1.54, 1.807) is 60.7 Å². The van der Waals surface area contributed by atoms with Crippen molar-refractivity contribution in [3.05, 3.63) is 101 Å². The van der Waals surface area contributed by atoms with E-state index in [1.807, 2.05) is 41.5 Å². The molecule has 13 heteroatoms. The van der Waals surface area contributed by atoms with Gasteiger partial charge in [-0.3, -0.25) is 14.4 Å². The largest absolute Gasteiger partial charge is 0.490 e. The van der Waals surface area contributed by atoms with Gasteiger partial charge in [0.05, 0.1) is 40.3 Å². The zero-order chi connectivity index (χ0) is 32.9. The summed E-state index contributed by atoms with van der Waals surface area (Å²) in [5.74, 6) is -1.70. The van der Waals surface area contributed by atoms with Gasteiger partial charge in [-0.25, -0.2) is 0 Å². The molecule has 3 aromatic carbocycles. The number of benzene rings is 3. The molecule has 3 amide bonds. The summed E-state index contributed by atoms with van der Waals surface area (Å²) in [6.45, 7) is 10.9. The maximum atomic E-state index is 13.0. The van der Waals surface area contributed by atoms with E-state index in [0.29, 0.717) is 17.2 Å². The first-order valence-corrected chi connectivity index (χ1v) is 14.6. The number of nitrogens with zero attached hydrogens (tertiary/aromatic N) is 6. The number of hydrogen-bond acceptors (Lipinski definition) is 9. The number of rotatable bonds is 12. The van der Waals surface area contributed by atoms with Crippen LogP contribution in [0.2, 0.25) is 0 Å². The molecule has 3 radical (unpaired) electrons. The number of azo groups is 3. The van der Waals surface area contributed by atoms with E-state index in [1.165, 1.54) is 12.1 Å². The van der Waals surface area contributed by atoms with Crippen LogP contribution in [0.15, 0.2) is 115 Å². The molecule has 0 heterocycles. The summed E-state index contributed by atoms with van der Waals surface area (Å²) in [5.41, 5.74) is 0.473.